The number of rotatable bonds is 6. The third-order valence-electron chi connectivity index (χ3n) is 3.25. The van der Waals surface area contributed by atoms with Crippen molar-refractivity contribution in [1.29, 1.82) is 0 Å². The summed E-state index contributed by atoms with van der Waals surface area (Å²) in [5.41, 5.74) is 0.670. The van der Waals surface area contributed by atoms with Crippen LogP contribution in [-0.4, -0.2) is 26.8 Å². The number of anilines is 1. The molecular formula is C15H11ClN4O5S. The molecule has 0 aliphatic carbocycles. The molecule has 0 unspecified atom stereocenters. The molecule has 1 N–H and O–H groups in total. The lowest BCUT2D eigenvalue weighted by Crippen LogP contribution is -2.14. The van der Waals surface area contributed by atoms with E-state index in [2.05, 4.69) is 15.5 Å². The van der Waals surface area contributed by atoms with Crippen molar-refractivity contribution in [3.05, 3.63) is 51.4 Å². The van der Waals surface area contributed by atoms with E-state index >= 15 is 0 Å². The second-order valence-corrected chi connectivity index (χ2v) is 6.36. The van der Waals surface area contributed by atoms with Gasteiger partial charge < -0.3 is 14.2 Å². The summed E-state index contributed by atoms with van der Waals surface area (Å²) in [5, 5.41) is 21.4. The fraction of sp³-hybridized carbons (Fsp3) is 0.133. The maximum absolute atomic E-state index is 12.0. The predicted octanol–water partition coefficient (Wildman–Crippen LogP) is 3.93. The summed E-state index contributed by atoms with van der Waals surface area (Å²) in [6.07, 6.45) is 1.51. The van der Waals surface area contributed by atoms with E-state index in [0.717, 1.165) is 11.8 Å². The number of carbonyl (C=O) groups excluding carboxylic acids is 1. The summed E-state index contributed by atoms with van der Waals surface area (Å²) in [5.74, 6) is 0.549. The molecule has 134 valence electrons. The van der Waals surface area contributed by atoms with Gasteiger partial charge in [-0.1, -0.05) is 23.4 Å². The van der Waals surface area contributed by atoms with E-state index in [0.29, 0.717) is 17.2 Å². The standard InChI is InChI=1S/C15H11ClN4O5S/c1-8-10(4-5-24-8)14-18-19-15(25-14)26-7-13(21)17-9-2-3-11(16)12(6-9)20(22)23/h2-6H,7H2,1H3,(H,17,21). The molecule has 0 bridgehead atoms. The van der Waals surface area contributed by atoms with E-state index in [1.807, 2.05) is 0 Å². The zero-order valence-electron chi connectivity index (χ0n) is 13.3. The number of carbonyl (C=O) groups is 1. The van der Waals surface area contributed by atoms with Crippen LogP contribution in [0.4, 0.5) is 11.4 Å². The number of benzene rings is 1. The van der Waals surface area contributed by atoms with Crippen molar-refractivity contribution < 1.29 is 18.6 Å². The Morgan fingerprint density at radius 3 is 2.88 bits per heavy atom. The van der Waals surface area contributed by atoms with Gasteiger partial charge in [-0.15, -0.1) is 10.2 Å². The molecule has 0 radical (unpaired) electrons. The van der Waals surface area contributed by atoms with Crippen molar-refractivity contribution in [1.82, 2.24) is 10.2 Å². The normalized spacial score (nSPS) is 10.7. The molecule has 0 atom stereocenters. The Labute approximate surface area is 155 Å². The van der Waals surface area contributed by atoms with Crippen LogP contribution in [0.25, 0.3) is 11.5 Å². The highest BCUT2D eigenvalue weighted by atomic mass is 35.5. The molecule has 0 saturated heterocycles. The van der Waals surface area contributed by atoms with Crippen LogP contribution in [0.3, 0.4) is 0 Å². The lowest BCUT2D eigenvalue weighted by molar-refractivity contribution is -0.384. The first-order valence-electron chi connectivity index (χ1n) is 7.18. The zero-order chi connectivity index (χ0) is 18.7. The van der Waals surface area contributed by atoms with Gasteiger partial charge in [-0.05, 0) is 25.1 Å². The molecule has 1 amide bonds. The smallest absolute Gasteiger partial charge is 0.289 e. The van der Waals surface area contributed by atoms with E-state index < -0.39 is 4.92 Å². The molecular weight excluding hydrogens is 384 g/mol. The first kappa shape index (κ1) is 18.0. The maximum atomic E-state index is 12.0. The number of nitro benzene ring substituents is 1. The Morgan fingerprint density at radius 2 is 2.19 bits per heavy atom. The molecule has 0 fully saturated rings. The molecule has 3 rings (SSSR count). The molecule has 1 aromatic carbocycles. The highest BCUT2D eigenvalue weighted by Gasteiger charge is 2.16. The molecule has 2 heterocycles. The number of nitro groups is 1. The van der Waals surface area contributed by atoms with E-state index in [9.17, 15) is 14.9 Å². The second kappa shape index (κ2) is 7.58. The van der Waals surface area contributed by atoms with Crippen LogP contribution in [-0.2, 0) is 4.79 Å². The minimum Gasteiger partial charge on any atom is -0.469 e. The molecule has 0 spiro atoms. The summed E-state index contributed by atoms with van der Waals surface area (Å²) in [6, 6.07) is 5.72. The highest BCUT2D eigenvalue weighted by molar-refractivity contribution is 7.99. The Kier molecular flexibility index (Phi) is 5.24. The van der Waals surface area contributed by atoms with Gasteiger partial charge in [0.15, 0.2) is 0 Å². The van der Waals surface area contributed by atoms with Crippen molar-refractivity contribution in [2.45, 2.75) is 12.1 Å². The van der Waals surface area contributed by atoms with Gasteiger partial charge in [-0.25, -0.2) is 0 Å². The highest BCUT2D eigenvalue weighted by Crippen LogP contribution is 2.28. The van der Waals surface area contributed by atoms with Gasteiger partial charge in [-0.3, -0.25) is 14.9 Å². The van der Waals surface area contributed by atoms with Crippen LogP contribution in [0.2, 0.25) is 5.02 Å². The summed E-state index contributed by atoms with van der Waals surface area (Å²) in [6.45, 7) is 1.77. The van der Waals surface area contributed by atoms with Gasteiger partial charge in [0.2, 0.25) is 5.91 Å². The Hall–Kier alpha value is -2.85. The molecule has 0 aliphatic heterocycles. The largest absolute Gasteiger partial charge is 0.469 e. The third-order valence-corrected chi connectivity index (χ3v) is 4.39. The lowest BCUT2D eigenvalue weighted by atomic mass is 10.3. The molecule has 11 heteroatoms. The number of hydrogen-bond donors (Lipinski definition) is 1. The minimum atomic E-state index is -0.620. The SMILES string of the molecule is Cc1occc1-c1nnc(SCC(=O)Nc2ccc(Cl)c([N+](=O)[O-])c2)o1. The van der Waals surface area contributed by atoms with Crippen molar-refractivity contribution >= 4 is 40.6 Å². The summed E-state index contributed by atoms with van der Waals surface area (Å²) in [4.78, 5) is 22.2. The monoisotopic (exact) mass is 394 g/mol. The number of aromatic nitrogens is 2. The number of hydrogen-bond acceptors (Lipinski definition) is 8. The van der Waals surface area contributed by atoms with Crippen LogP contribution >= 0.6 is 23.4 Å². The van der Waals surface area contributed by atoms with Gasteiger partial charge >= 0.3 is 0 Å². The molecule has 3 aromatic rings. The first-order chi connectivity index (χ1) is 12.4. The number of halogens is 1. The van der Waals surface area contributed by atoms with Gasteiger partial charge in [0.05, 0.1) is 22.5 Å². The third kappa shape index (κ3) is 4.03. The number of aryl methyl sites for hydroxylation is 1. The van der Waals surface area contributed by atoms with E-state index in [1.165, 1.54) is 24.5 Å². The van der Waals surface area contributed by atoms with Crippen molar-refractivity contribution in [2.24, 2.45) is 0 Å². The fourth-order valence-corrected chi connectivity index (χ4v) is 2.79. The predicted molar refractivity (Wildman–Crippen MR) is 94.2 cm³/mol. The molecule has 2 aromatic heterocycles. The average Bonchev–Trinajstić information content (AvgIpc) is 3.23. The van der Waals surface area contributed by atoms with Crippen molar-refractivity contribution in [3.8, 4) is 11.5 Å². The van der Waals surface area contributed by atoms with Crippen molar-refractivity contribution in [3.63, 3.8) is 0 Å². The van der Waals surface area contributed by atoms with Crippen LogP contribution in [0, 0.1) is 17.0 Å². The summed E-state index contributed by atoms with van der Waals surface area (Å²) >= 11 is 6.77. The van der Waals surface area contributed by atoms with E-state index in [-0.39, 0.29) is 33.3 Å². The lowest BCUT2D eigenvalue weighted by Gasteiger charge is -2.04. The topological polar surface area (TPSA) is 124 Å². The van der Waals surface area contributed by atoms with Gasteiger partial charge in [0.25, 0.3) is 16.8 Å². The number of thioether (sulfide) groups is 1. The summed E-state index contributed by atoms with van der Waals surface area (Å²) in [7, 11) is 0. The minimum absolute atomic E-state index is 0.00435. The number of amides is 1. The van der Waals surface area contributed by atoms with Crippen LogP contribution in [0.1, 0.15) is 5.76 Å². The Bertz CT molecular complexity index is 971. The fourth-order valence-electron chi connectivity index (χ4n) is 2.04. The van der Waals surface area contributed by atoms with E-state index in [1.54, 1.807) is 13.0 Å². The number of nitrogens with zero attached hydrogens (tertiary/aromatic N) is 3. The van der Waals surface area contributed by atoms with Gasteiger partial charge in [0.1, 0.15) is 10.8 Å². The quantitative estimate of drug-likeness (QED) is 0.378. The molecule has 9 nitrogen and oxygen atoms in total. The van der Waals surface area contributed by atoms with Crippen LogP contribution < -0.4 is 5.32 Å². The van der Waals surface area contributed by atoms with Crippen molar-refractivity contribution in [2.75, 3.05) is 11.1 Å². The zero-order valence-corrected chi connectivity index (χ0v) is 14.8. The van der Waals surface area contributed by atoms with Crippen LogP contribution in [0.5, 0.6) is 0 Å². The Balaban J connectivity index is 1.60. The van der Waals surface area contributed by atoms with E-state index in [4.69, 9.17) is 20.4 Å². The van der Waals surface area contributed by atoms with Gasteiger partial charge in [-0.2, -0.15) is 0 Å². The number of furan rings is 1. The molecule has 0 saturated carbocycles. The molecule has 26 heavy (non-hydrogen) atoms. The average molecular weight is 395 g/mol. The van der Waals surface area contributed by atoms with Crippen LogP contribution in [0.15, 0.2) is 44.6 Å². The summed E-state index contributed by atoms with van der Waals surface area (Å²) < 4.78 is 10.6. The first-order valence-corrected chi connectivity index (χ1v) is 8.55. The number of nitrogens with one attached hydrogen (secondary N) is 1. The molecule has 0 aliphatic rings. The second-order valence-electron chi connectivity index (χ2n) is 5.02. The Morgan fingerprint density at radius 1 is 1.38 bits per heavy atom. The maximum Gasteiger partial charge on any atom is 0.289 e. The van der Waals surface area contributed by atoms with Gasteiger partial charge in [0, 0.05) is 11.8 Å².